The number of aryl methyl sites for hydroxylation is 2. The molecular formula is C16H18N4S. The van der Waals surface area contributed by atoms with Gasteiger partial charge < -0.3 is 5.32 Å². The Bertz CT molecular complexity index is 665. The highest BCUT2D eigenvalue weighted by Crippen LogP contribution is 2.15. The normalized spacial score (nSPS) is 11.1. The summed E-state index contributed by atoms with van der Waals surface area (Å²) in [6.07, 6.45) is 3.47. The van der Waals surface area contributed by atoms with Gasteiger partial charge in [0.15, 0.2) is 5.11 Å². The van der Waals surface area contributed by atoms with Crippen LogP contribution in [0.4, 0.5) is 5.69 Å². The highest BCUT2D eigenvalue weighted by atomic mass is 32.1. The van der Waals surface area contributed by atoms with Crippen LogP contribution < -0.4 is 10.7 Å². The Balaban J connectivity index is 1.99. The minimum absolute atomic E-state index is 0.468. The maximum atomic E-state index is 5.26. The van der Waals surface area contributed by atoms with Crippen molar-refractivity contribution in [3.05, 3.63) is 59.4 Å². The quantitative estimate of drug-likeness (QED) is 0.518. The predicted molar refractivity (Wildman–Crippen MR) is 91.7 cm³/mol. The first kappa shape index (κ1) is 15.1. The van der Waals surface area contributed by atoms with Crippen molar-refractivity contribution in [1.29, 1.82) is 0 Å². The van der Waals surface area contributed by atoms with Crippen LogP contribution in [0.3, 0.4) is 0 Å². The van der Waals surface area contributed by atoms with Crippen molar-refractivity contribution >= 4 is 28.7 Å². The molecule has 0 aliphatic heterocycles. The second-order valence-electron chi connectivity index (χ2n) is 4.82. The molecular weight excluding hydrogens is 280 g/mol. The van der Waals surface area contributed by atoms with Gasteiger partial charge in [-0.3, -0.25) is 10.4 Å². The molecule has 0 atom stereocenters. The van der Waals surface area contributed by atoms with Crippen LogP contribution in [0.2, 0.25) is 0 Å². The summed E-state index contributed by atoms with van der Waals surface area (Å²) in [4.78, 5) is 3.98. The molecule has 108 valence electrons. The maximum absolute atomic E-state index is 5.26. The van der Waals surface area contributed by atoms with Crippen molar-refractivity contribution in [3.63, 3.8) is 0 Å². The lowest BCUT2D eigenvalue weighted by molar-refractivity contribution is 1.04. The third-order valence-corrected chi connectivity index (χ3v) is 3.25. The first-order valence-electron chi connectivity index (χ1n) is 6.65. The number of pyridine rings is 1. The van der Waals surface area contributed by atoms with E-state index < -0.39 is 0 Å². The number of hydrogen-bond acceptors (Lipinski definition) is 3. The van der Waals surface area contributed by atoms with E-state index in [1.54, 1.807) is 12.4 Å². The van der Waals surface area contributed by atoms with Gasteiger partial charge in [0, 0.05) is 23.6 Å². The second-order valence-corrected chi connectivity index (χ2v) is 5.23. The summed E-state index contributed by atoms with van der Waals surface area (Å²) in [6, 6.07) is 9.97. The third-order valence-electron chi connectivity index (χ3n) is 3.05. The van der Waals surface area contributed by atoms with E-state index in [-0.39, 0.29) is 0 Å². The van der Waals surface area contributed by atoms with Crippen LogP contribution in [0.5, 0.6) is 0 Å². The van der Waals surface area contributed by atoms with E-state index in [4.69, 9.17) is 12.2 Å². The molecule has 0 aliphatic carbocycles. The molecule has 4 nitrogen and oxygen atoms in total. The van der Waals surface area contributed by atoms with E-state index in [2.05, 4.69) is 33.8 Å². The SMILES string of the molecule is C/C(=N\NC(=S)Nc1ccc(C)cc1C)c1ccncc1. The minimum Gasteiger partial charge on any atom is -0.331 e. The fraction of sp³-hybridized carbons (Fsp3) is 0.188. The van der Waals surface area contributed by atoms with Gasteiger partial charge >= 0.3 is 0 Å². The van der Waals surface area contributed by atoms with E-state index in [0.29, 0.717) is 5.11 Å². The second kappa shape index (κ2) is 6.95. The largest absolute Gasteiger partial charge is 0.331 e. The summed E-state index contributed by atoms with van der Waals surface area (Å²) in [5, 5.41) is 7.89. The summed E-state index contributed by atoms with van der Waals surface area (Å²) < 4.78 is 0. The molecule has 0 bridgehead atoms. The van der Waals surface area contributed by atoms with E-state index >= 15 is 0 Å². The lowest BCUT2D eigenvalue weighted by atomic mass is 10.1. The summed E-state index contributed by atoms with van der Waals surface area (Å²) in [7, 11) is 0. The van der Waals surface area contributed by atoms with Crippen LogP contribution in [-0.2, 0) is 0 Å². The molecule has 0 fully saturated rings. The molecule has 0 saturated heterocycles. The molecule has 0 unspecified atom stereocenters. The van der Waals surface area contributed by atoms with Gasteiger partial charge in [-0.15, -0.1) is 0 Å². The molecule has 1 heterocycles. The summed E-state index contributed by atoms with van der Waals surface area (Å²) in [6.45, 7) is 6.03. The molecule has 0 spiro atoms. The standard InChI is InChI=1S/C16H18N4S/c1-11-4-5-15(12(2)10-11)18-16(21)20-19-13(3)14-6-8-17-9-7-14/h4-10H,1-3H3,(H2,18,20,21)/b19-13+. The van der Waals surface area contributed by atoms with Gasteiger partial charge in [-0.1, -0.05) is 17.7 Å². The predicted octanol–water partition coefficient (Wildman–Crippen LogP) is 3.41. The Labute approximate surface area is 130 Å². The average molecular weight is 298 g/mol. The zero-order valence-corrected chi connectivity index (χ0v) is 13.2. The summed E-state index contributed by atoms with van der Waals surface area (Å²) >= 11 is 5.26. The molecule has 0 aliphatic rings. The van der Waals surface area contributed by atoms with E-state index in [1.807, 2.05) is 38.1 Å². The number of hydrogen-bond donors (Lipinski definition) is 2. The first-order valence-corrected chi connectivity index (χ1v) is 7.06. The van der Waals surface area contributed by atoms with E-state index in [1.165, 1.54) is 5.56 Å². The minimum atomic E-state index is 0.468. The molecule has 2 rings (SSSR count). The Hall–Kier alpha value is -2.27. The number of rotatable bonds is 3. The Morgan fingerprint density at radius 3 is 2.52 bits per heavy atom. The van der Waals surface area contributed by atoms with Crippen molar-refractivity contribution in [2.75, 3.05) is 5.32 Å². The summed E-state index contributed by atoms with van der Waals surface area (Å²) in [5.41, 5.74) is 8.07. The smallest absolute Gasteiger partial charge is 0.191 e. The van der Waals surface area contributed by atoms with Crippen molar-refractivity contribution in [3.8, 4) is 0 Å². The number of aromatic nitrogens is 1. The molecule has 1 aromatic heterocycles. The lowest BCUT2D eigenvalue weighted by Gasteiger charge is -2.11. The van der Waals surface area contributed by atoms with Crippen LogP contribution in [-0.4, -0.2) is 15.8 Å². The van der Waals surface area contributed by atoms with Gasteiger partial charge in [0.1, 0.15) is 0 Å². The van der Waals surface area contributed by atoms with Crippen molar-refractivity contribution in [1.82, 2.24) is 10.4 Å². The van der Waals surface area contributed by atoms with Crippen molar-refractivity contribution in [2.45, 2.75) is 20.8 Å². The molecule has 1 aromatic carbocycles. The molecule has 0 saturated carbocycles. The molecule has 0 amide bonds. The number of nitrogens with one attached hydrogen (secondary N) is 2. The topological polar surface area (TPSA) is 49.3 Å². The fourth-order valence-electron chi connectivity index (χ4n) is 1.90. The average Bonchev–Trinajstić information content (AvgIpc) is 2.48. The first-order chi connectivity index (χ1) is 10.1. The Morgan fingerprint density at radius 2 is 1.86 bits per heavy atom. The van der Waals surface area contributed by atoms with Gasteiger partial charge in [0.05, 0.1) is 5.71 Å². The van der Waals surface area contributed by atoms with Crippen LogP contribution in [0.1, 0.15) is 23.6 Å². The number of nitrogens with zero attached hydrogens (tertiary/aromatic N) is 2. The highest BCUT2D eigenvalue weighted by molar-refractivity contribution is 7.80. The van der Waals surface area contributed by atoms with Crippen molar-refractivity contribution < 1.29 is 0 Å². The Morgan fingerprint density at radius 1 is 1.14 bits per heavy atom. The number of thiocarbonyl (C=S) groups is 1. The third kappa shape index (κ3) is 4.36. The van der Waals surface area contributed by atoms with Crippen LogP contribution in [0, 0.1) is 13.8 Å². The van der Waals surface area contributed by atoms with E-state index in [0.717, 1.165) is 22.5 Å². The maximum Gasteiger partial charge on any atom is 0.191 e. The van der Waals surface area contributed by atoms with Crippen molar-refractivity contribution in [2.24, 2.45) is 5.10 Å². The number of anilines is 1. The Kier molecular flexibility index (Phi) is 5.00. The molecule has 0 radical (unpaired) electrons. The lowest BCUT2D eigenvalue weighted by Crippen LogP contribution is -2.25. The van der Waals surface area contributed by atoms with Crippen LogP contribution in [0.15, 0.2) is 47.8 Å². The summed E-state index contributed by atoms with van der Waals surface area (Å²) in [5.74, 6) is 0. The molecule has 2 aromatic rings. The number of hydrazone groups is 1. The van der Waals surface area contributed by atoms with Crippen LogP contribution in [0.25, 0.3) is 0 Å². The van der Waals surface area contributed by atoms with Crippen LogP contribution >= 0.6 is 12.2 Å². The molecule has 5 heteroatoms. The fourth-order valence-corrected chi connectivity index (χ4v) is 2.05. The van der Waals surface area contributed by atoms with Gasteiger partial charge in [0.2, 0.25) is 0 Å². The van der Waals surface area contributed by atoms with E-state index in [9.17, 15) is 0 Å². The highest BCUT2D eigenvalue weighted by Gasteiger charge is 2.01. The van der Waals surface area contributed by atoms with Gasteiger partial charge in [0.25, 0.3) is 0 Å². The molecule has 21 heavy (non-hydrogen) atoms. The number of benzene rings is 1. The monoisotopic (exact) mass is 298 g/mol. The van der Waals surface area contributed by atoms with Gasteiger partial charge in [-0.25, -0.2) is 0 Å². The zero-order valence-electron chi connectivity index (χ0n) is 12.3. The van der Waals surface area contributed by atoms with Gasteiger partial charge in [-0.2, -0.15) is 5.10 Å². The zero-order chi connectivity index (χ0) is 15.2. The molecule has 2 N–H and O–H groups in total. The van der Waals surface area contributed by atoms with Gasteiger partial charge in [-0.05, 0) is 56.8 Å².